The van der Waals surface area contributed by atoms with Gasteiger partial charge in [-0.25, -0.2) is 0 Å². The van der Waals surface area contributed by atoms with Gasteiger partial charge in [0.2, 0.25) is 0 Å². The first-order valence-electron chi connectivity index (χ1n) is 7.03. The molecule has 0 spiro atoms. The van der Waals surface area contributed by atoms with Crippen molar-refractivity contribution in [3.63, 3.8) is 0 Å². The molecule has 18 heavy (non-hydrogen) atoms. The minimum atomic E-state index is -1.80. The van der Waals surface area contributed by atoms with Crippen LogP contribution in [0.3, 0.4) is 0 Å². The van der Waals surface area contributed by atoms with Crippen molar-refractivity contribution in [1.29, 1.82) is 0 Å². The van der Waals surface area contributed by atoms with Crippen LogP contribution in [-0.2, 0) is 9.22 Å². The monoisotopic (exact) mass is 271 g/mol. The Labute approximate surface area is 113 Å². The summed E-state index contributed by atoms with van der Waals surface area (Å²) in [5.74, 6) is 0.874. The standard InChI is InChI=1S/C14H29NO2Si/c1-11-7-8-15-12(9-11)13(16)10-17-18(5,6)14(2,3)4/h11-12,15H,7-10H2,1-6H3/t11?,12-/m1/s1. The van der Waals surface area contributed by atoms with E-state index in [1.807, 2.05) is 0 Å². The first-order chi connectivity index (χ1) is 8.13. The van der Waals surface area contributed by atoms with Crippen molar-refractivity contribution in [3.8, 4) is 0 Å². The zero-order valence-electron chi connectivity index (χ0n) is 12.8. The Kier molecular flexibility index (Phi) is 5.15. The number of nitrogens with one attached hydrogen (secondary N) is 1. The zero-order chi connectivity index (χ0) is 14.0. The molecule has 1 aliphatic rings. The average Bonchev–Trinajstić information content (AvgIpc) is 2.24. The number of ketones is 1. The van der Waals surface area contributed by atoms with E-state index in [4.69, 9.17) is 4.43 Å². The van der Waals surface area contributed by atoms with Crippen LogP contribution in [-0.4, -0.2) is 33.3 Å². The molecule has 0 saturated carbocycles. The Hall–Kier alpha value is -0.193. The Morgan fingerprint density at radius 1 is 1.39 bits per heavy atom. The van der Waals surface area contributed by atoms with Crippen molar-refractivity contribution >= 4 is 14.1 Å². The Balaban J connectivity index is 2.46. The lowest BCUT2D eigenvalue weighted by Gasteiger charge is -2.36. The van der Waals surface area contributed by atoms with Gasteiger partial charge in [0.15, 0.2) is 14.1 Å². The summed E-state index contributed by atoms with van der Waals surface area (Å²) >= 11 is 0. The van der Waals surface area contributed by atoms with E-state index in [-0.39, 0.29) is 23.5 Å². The molecule has 106 valence electrons. The predicted molar refractivity (Wildman–Crippen MR) is 78.3 cm³/mol. The topological polar surface area (TPSA) is 38.3 Å². The molecule has 0 aromatic carbocycles. The summed E-state index contributed by atoms with van der Waals surface area (Å²) in [6.07, 6.45) is 2.13. The molecule has 4 heteroatoms. The van der Waals surface area contributed by atoms with Gasteiger partial charge in [-0.15, -0.1) is 0 Å². The molecular formula is C14H29NO2Si. The van der Waals surface area contributed by atoms with Gasteiger partial charge in [-0.3, -0.25) is 4.79 Å². The summed E-state index contributed by atoms with van der Waals surface area (Å²) in [5.41, 5.74) is 0. The molecule has 3 nitrogen and oxygen atoms in total. The third-order valence-electron chi connectivity index (χ3n) is 4.44. The van der Waals surface area contributed by atoms with Gasteiger partial charge in [0.25, 0.3) is 0 Å². The fourth-order valence-electron chi connectivity index (χ4n) is 1.92. The third-order valence-corrected chi connectivity index (χ3v) is 8.91. The molecule has 1 N–H and O–H groups in total. The molecule has 1 saturated heterocycles. The number of hydrogen-bond donors (Lipinski definition) is 1. The fraction of sp³-hybridized carbons (Fsp3) is 0.929. The first-order valence-corrected chi connectivity index (χ1v) is 9.94. The van der Waals surface area contributed by atoms with Crippen LogP contribution >= 0.6 is 0 Å². The maximum atomic E-state index is 12.2. The molecule has 1 rings (SSSR count). The van der Waals surface area contributed by atoms with E-state index in [1.165, 1.54) is 6.42 Å². The van der Waals surface area contributed by atoms with Gasteiger partial charge in [-0.2, -0.15) is 0 Å². The van der Waals surface area contributed by atoms with Crippen LogP contribution in [0.2, 0.25) is 18.1 Å². The van der Waals surface area contributed by atoms with Gasteiger partial charge in [-0.1, -0.05) is 27.7 Å². The summed E-state index contributed by atoms with van der Waals surface area (Å²) in [6, 6.07) is 0.0125. The van der Waals surface area contributed by atoms with Gasteiger partial charge in [0, 0.05) is 0 Å². The van der Waals surface area contributed by atoms with E-state index in [1.54, 1.807) is 0 Å². The lowest BCUT2D eigenvalue weighted by Crippen LogP contribution is -2.48. The molecule has 0 radical (unpaired) electrons. The maximum Gasteiger partial charge on any atom is 0.192 e. The smallest absolute Gasteiger partial charge is 0.192 e. The molecule has 0 aromatic heterocycles. The van der Waals surface area contributed by atoms with Crippen LogP contribution < -0.4 is 5.32 Å². The van der Waals surface area contributed by atoms with Gasteiger partial charge < -0.3 is 9.74 Å². The van der Waals surface area contributed by atoms with E-state index in [0.717, 1.165) is 13.0 Å². The second-order valence-electron chi connectivity index (χ2n) is 7.15. The highest BCUT2D eigenvalue weighted by atomic mass is 28.4. The molecule has 1 fully saturated rings. The molecule has 0 aliphatic carbocycles. The average molecular weight is 271 g/mol. The van der Waals surface area contributed by atoms with Crippen LogP contribution in [0.15, 0.2) is 0 Å². The quantitative estimate of drug-likeness (QED) is 0.799. The van der Waals surface area contributed by atoms with Crippen molar-refractivity contribution in [2.45, 2.75) is 64.7 Å². The van der Waals surface area contributed by atoms with Crippen LogP contribution in [0.1, 0.15) is 40.5 Å². The van der Waals surface area contributed by atoms with Gasteiger partial charge in [0.1, 0.15) is 0 Å². The summed E-state index contributed by atoms with van der Waals surface area (Å²) in [6.45, 7) is 14.4. The van der Waals surface area contributed by atoms with E-state index < -0.39 is 8.32 Å². The van der Waals surface area contributed by atoms with E-state index in [9.17, 15) is 4.79 Å². The van der Waals surface area contributed by atoms with E-state index in [2.05, 4.69) is 46.1 Å². The van der Waals surface area contributed by atoms with Crippen molar-refractivity contribution < 1.29 is 9.22 Å². The van der Waals surface area contributed by atoms with Crippen LogP contribution in [0.25, 0.3) is 0 Å². The molecule has 1 unspecified atom stereocenters. The minimum absolute atomic E-state index is 0.0125. The lowest BCUT2D eigenvalue weighted by atomic mass is 9.92. The largest absolute Gasteiger partial charge is 0.409 e. The van der Waals surface area contributed by atoms with Crippen LogP contribution in [0, 0.1) is 5.92 Å². The molecule has 0 amide bonds. The van der Waals surface area contributed by atoms with Crippen LogP contribution in [0.5, 0.6) is 0 Å². The highest BCUT2D eigenvalue weighted by Crippen LogP contribution is 2.36. The number of Topliss-reactive ketones (excluding diaryl/α,β-unsaturated/α-hetero) is 1. The number of piperidine rings is 1. The normalized spacial score (nSPS) is 26.1. The van der Waals surface area contributed by atoms with Crippen molar-refractivity contribution in [1.82, 2.24) is 5.32 Å². The Morgan fingerprint density at radius 2 is 2.00 bits per heavy atom. The van der Waals surface area contributed by atoms with Crippen LogP contribution in [0.4, 0.5) is 0 Å². The predicted octanol–water partition coefficient (Wildman–Crippen LogP) is 2.97. The van der Waals surface area contributed by atoms with Crippen molar-refractivity contribution in [3.05, 3.63) is 0 Å². The number of rotatable bonds is 4. The summed E-state index contributed by atoms with van der Waals surface area (Å²) in [5, 5.41) is 3.48. The van der Waals surface area contributed by atoms with Crippen molar-refractivity contribution in [2.75, 3.05) is 13.2 Å². The minimum Gasteiger partial charge on any atom is -0.409 e. The second kappa shape index (κ2) is 5.84. The molecule has 1 heterocycles. The Morgan fingerprint density at radius 3 is 2.50 bits per heavy atom. The third kappa shape index (κ3) is 4.18. The van der Waals surface area contributed by atoms with Gasteiger partial charge in [0.05, 0.1) is 12.6 Å². The second-order valence-corrected chi connectivity index (χ2v) is 12.0. The fourth-order valence-corrected chi connectivity index (χ4v) is 2.86. The van der Waals surface area contributed by atoms with Gasteiger partial charge >= 0.3 is 0 Å². The van der Waals surface area contributed by atoms with Crippen molar-refractivity contribution in [2.24, 2.45) is 5.92 Å². The highest BCUT2D eigenvalue weighted by Gasteiger charge is 2.38. The molecule has 1 aliphatic heterocycles. The van der Waals surface area contributed by atoms with E-state index in [0.29, 0.717) is 5.92 Å². The number of carbonyl (C=O) groups is 1. The summed E-state index contributed by atoms with van der Waals surface area (Å²) < 4.78 is 5.99. The SMILES string of the molecule is CC1CCN[C@@H](C(=O)CO[Si](C)(C)C(C)(C)C)C1. The summed E-state index contributed by atoms with van der Waals surface area (Å²) in [4.78, 5) is 12.2. The number of carbonyl (C=O) groups excluding carboxylic acids is 1. The first kappa shape index (κ1) is 15.9. The highest BCUT2D eigenvalue weighted by molar-refractivity contribution is 6.74. The molecular weight excluding hydrogens is 242 g/mol. The van der Waals surface area contributed by atoms with Gasteiger partial charge in [-0.05, 0) is 43.4 Å². The maximum absolute atomic E-state index is 12.2. The molecule has 2 atom stereocenters. The molecule has 0 aromatic rings. The zero-order valence-corrected chi connectivity index (χ0v) is 13.8. The lowest BCUT2D eigenvalue weighted by molar-refractivity contribution is -0.124. The van der Waals surface area contributed by atoms with E-state index >= 15 is 0 Å². The Bertz CT molecular complexity index is 297. The number of hydrogen-bond acceptors (Lipinski definition) is 3. The summed E-state index contributed by atoms with van der Waals surface area (Å²) in [7, 11) is -1.80. The molecule has 0 bridgehead atoms.